The summed E-state index contributed by atoms with van der Waals surface area (Å²) in [6.07, 6.45) is 0.713. The van der Waals surface area contributed by atoms with Crippen molar-refractivity contribution in [2.24, 2.45) is 0 Å². The molecular weight excluding hydrogens is 294 g/mol. The number of anilines is 1. The molecule has 0 radical (unpaired) electrons. The van der Waals surface area contributed by atoms with Crippen LogP contribution in [0.15, 0.2) is 29.6 Å². The van der Waals surface area contributed by atoms with Crippen molar-refractivity contribution in [1.82, 2.24) is 4.98 Å². The monoisotopic (exact) mass is 307 g/mol. The molecule has 0 spiro atoms. The number of hydrogen-bond acceptors (Lipinski definition) is 6. The third-order valence-corrected chi connectivity index (χ3v) is 3.84. The first-order valence-corrected chi connectivity index (χ1v) is 6.99. The lowest BCUT2D eigenvalue weighted by atomic mass is 10.3. The van der Waals surface area contributed by atoms with Crippen molar-refractivity contribution in [2.75, 3.05) is 18.5 Å². The molecule has 7 nitrogen and oxygen atoms in total. The van der Waals surface area contributed by atoms with Gasteiger partial charge in [-0.2, -0.15) is 0 Å². The van der Waals surface area contributed by atoms with Crippen molar-refractivity contribution in [3.8, 4) is 0 Å². The summed E-state index contributed by atoms with van der Waals surface area (Å²) in [5.41, 5.74) is -0.410. The second-order valence-corrected chi connectivity index (χ2v) is 5.38. The largest absolute Gasteiger partial charge is 0.477 e. The summed E-state index contributed by atoms with van der Waals surface area (Å²) < 4.78 is 0. The molecule has 0 saturated heterocycles. The van der Waals surface area contributed by atoms with E-state index < -0.39 is 10.9 Å². The molecule has 1 N–H and O–H groups in total. The van der Waals surface area contributed by atoms with E-state index in [1.807, 2.05) is 17.5 Å². The lowest BCUT2D eigenvalue weighted by molar-refractivity contribution is -0.384. The molecule has 2 aromatic rings. The van der Waals surface area contributed by atoms with Gasteiger partial charge < -0.3 is 10.0 Å². The Morgan fingerprint density at radius 3 is 2.81 bits per heavy atom. The first-order chi connectivity index (χ1) is 9.99. The van der Waals surface area contributed by atoms with Gasteiger partial charge in [-0.15, -0.1) is 11.3 Å². The second-order valence-electron chi connectivity index (χ2n) is 4.35. The van der Waals surface area contributed by atoms with Gasteiger partial charge in [-0.3, -0.25) is 10.1 Å². The summed E-state index contributed by atoms with van der Waals surface area (Å²) in [6, 6.07) is 6.23. The van der Waals surface area contributed by atoms with Crippen molar-refractivity contribution < 1.29 is 14.8 Å². The van der Waals surface area contributed by atoms with Crippen LogP contribution in [0.2, 0.25) is 0 Å². The van der Waals surface area contributed by atoms with E-state index in [9.17, 15) is 14.9 Å². The van der Waals surface area contributed by atoms with Gasteiger partial charge in [0, 0.05) is 24.5 Å². The zero-order valence-electron chi connectivity index (χ0n) is 11.2. The zero-order chi connectivity index (χ0) is 15.4. The number of nitro groups is 1. The van der Waals surface area contributed by atoms with Crippen molar-refractivity contribution in [1.29, 1.82) is 0 Å². The second kappa shape index (κ2) is 6.31. The number of carboxylic acid groups (broad SMARTS) is 1. The molecule has 2 heterocycles. The SMILES string of the molecule is CN(CCc1cccs1)c1nc(C(=O)O)ccc1[N+](=O)[O-]. The molecule has 0 aliphatic heterocycles. The standard InChI is InChI=1S/C13H13N3O4S/c1-15(7-6-9-3-2-8-21-9)12-11(16(19)20)5-4-10(14-12)13(17)18/h2-5,8H,6-7H2,1H3,(H,17,18). The smallest absolute Gasteiger partial charge is 0.354 e. The van der Waals surface area contributed by atoms with Gasteiger partial charge in [0.15, 0.2) is 5.69 Å². The summed E-state index contributed by atoms with van der Waals surface area (Å²) in [4.78, 5) is 28.1. The molecule has 2 rings (SSSR count). The highest BCUT2D eigenvalue weighted by molar-refractivity contribution is 7.09. The van der Waals surface area contributed by atoms with E-state index in [0.717, 1.165) is 10.9 Å². The number of hydrogen-bond donors (Lipinski definition) is 1. The normalized spacial score (nSPS) is 10.3. The van der Waals surface area contributed by atoms with Crippen LogP contribution in [0.5, 0.6) is 0 Å². The number of rotatable bonds is 6. The van der Waals surface area contributed by atoms with Gasteiger partial charge in [0.05, 0.1) is 4.92 Å². The van der Waals surface area contributed by atoms with Crippen molar-refractivity contribution in [2.45, 2.75) is 6.42 Å². The van der Waals surface area contributed by atoms with E-state index in [-0.39, 0.29) is 17.2 Å². The fourth-order valence-electron chi connectivity index (χ4n) is 1.82. The molecule has 0 amide bonds. The molecule has 0 aromatic carbocycles. The fraction of sp³-hybridized carbons (Fsp3) is 0.231. The van der Waals surface area contributed by atoms with Gasteiger partial charge in [-0.1, -0.05) is 6.07 Å². The number of carbonyl (C=O) groups is 1. The number of pyridine rings is 1. The van der Waals surface area contributed by atoms with Crippen LogP contribution in [0.25, 0.3) is 0 Å². The molecule has 110 valence electrons. The number of carboxylic acids is 1. The third kappa shape index (κ3) is 3.54. The summed E-state index contributed by atoms with van der Waals surface area (Å²) in [7, 11) is 1.66. The number of thiophene rings is 1. The van der Waals surface area contributed by atoms with Crippen LogP contribution < -0.4 is 4.90 Å². The average molecular weight is 307 g/mol. The van der Waals surface area contributed by atoms with Gasteiger partial charge in [0.1, 0.15) is 0 Å². The molecule has 0 saturated carbocycles. The quantitative estimate of drug-likeness (QED) is 0.650. The summed E-state index contributed by atoms with van der Waals surface area (Å²) in [6.45, 7) is 0.511. The molecule has 0 aliphatic rings. The van der Waals surface area contributed by atoms with E-state index in [1.165, 1.54) is 6.07 Å². The predicted molar refractivity (Wildman–Crippen MR) is 79.1 cm³/mol. The molecule has 0 fully saturated rings. The van der Waals surface area contributed by atoms with Crippen molar-refractivity contribution in [3.63, 3.8) is 0 Å². The van der Waals surface area contributed by atoms with Crippen LogP contribution in [0.1, 0.15) is 15.4 Å². The highest BCUT2D eigenvalue weighted by Gasteiger charge is 2.21. The van der Waals surface area contributed by atoms with Gasteiger partial charge >= 0.3 is 11.7 Å². The van der Waals surface area contributed by atoms with Crippen LogP contribution >= 0.6 is 11.3 Å². The summed E-state index contributed by atoms with van der Waals surface area (Å²) in [5.74, 6) is -1.14. The fourth-order valence-corrected chi connectivity index (χ4v) is 2.52. The van der Waals surface area contributed by atoms with Gasteiger partial charge in [0.2, 0.25) is 5.82 Å². The van der Waals surface area contributed by atoms with E-state index >= 15 is 0 Å². The van der Waals surface area contributed by atoms with Crippen molar-refractivity contribution in [3.05, 3.63) is 50.3 Å². The minimum atomic E-state index is -1.21. The lowest BCUT2D eigenvalue weighted by Gasteiger charge is -2.17. The molecule has 0 bridgehead atoms. The van der Waals surface area contributed by atoms with Crippen molar-refractivity contribution >= 4 is 28.8 Å². The number of aromatic carboxylic acids is 1. The van der Waals surface area contributed by atoms with E-state index in [1.54, 1.807) is 23.3 Å². The Kier molecular flexibility index (Phi) is 4.49. The van der Waals surface area contributed by atoms with E-state index in [0.29, 0.717) is 13.0 Å². The van der Waals surface area contributed by atoms with E-state index in [2.05, 4.69) is 4.98 Å². The minimum Gasteiger partial charge on any atom is -0.477 e. The highest BCUT2D eigenvalue weighted by Crippen LogP contribution is 2.25. The van der Waals surface area contributed by atoms with Crippen LogP contribution in [0.3, 0.4) is 0 Å². The van der Waals surface area contributed by atoms with Crippen LogP contribution in [0.4, 0.5) is 11.5 Å². The Hall–Kier alpha value is -2.48. The Labute approximate surface area is 124 Å². The lowest BCUT2D eigenvalue weighted by Crippen LogP contribution is -2.23. The number of aromatic nitrogens is 1. The molecule has 0 atom stereocenters. The number of likely N-dealkylation sites (N-methyl/N-ethyl adjacent to an activating group) is 1. The molecular formula is C13H13N3O4S. The maximum atomic E-state index is 11.0. The van der Waals surface area contributed by atoms with Gasteiger partial charge in [0.25, 0.3) is 0 Å². The Bertz CT molecular complexity index is 657. The van der Waals surface area contributed by atoms with Crippen LogP contribution in [-0.4, -0.2) is 34.6 Å². The Morgan fingerprint density at radius 1 is 1.48 bits per heavy atom. The summed E-state index contributed by atoms with van der Waals surface area (Å²) in [5, 5.41) is 21.9. The topological polar surface area (TPSA) is 96.6 Å². The van der Waals surface area contributed by atoms with E-state index in [4.69, 9.17) is 5.11 Å². The van der Waals surface area contributed by atoms with Gasteiger partial charge in [-0.05, 0) is 23.9 Å². The molecule has 0 aliphatic carbocycles. The maximum Gasteiger partial charge on any atom is 0.354 e. The minimum absolute atomic E-state index is 0.0662. The third-order valence-electron chi connectivity index (χ3n) is 2.91. The zero-order valence-corrected chi connectivity index (χ0v) is 12.0. The molecule has 0 unspecified atom stereocenters. The molecule has 21 heavy (non-hydrogen) atoms. The van der Waals surface area contributed by atoms with Gasteiger partial charge in [-0.25, -0.2) is 9.78 Å². The Morgan fingerprint density at radius 2 is 2.24 bits per heavy atom. The molecule has 8 heteroatoms. The molecule has 2 aromatic heterocycles. The summed E-state index contributed by atoms with van der Waals surface area (Å²) >= 11 is 1.60. The predicted octanol–water partition coefficient (Wildman–Crippen LogP) is 2.43. The number of nitrogens with zero attached hydrogens (tertiary/aromatic N) is 3. The average Bonchev–Trinajstić information content (AvgIpc) is 2.97. The van der Waals surface area contributed by atoms with Crippen LogP contribution in [0, 0.1) is 10.1 Å². The Balaban J connectivity index is 2.24. The first kappa shape index (κ1) is 14.9. The first-order valence-electron chi connectivity index (χ1n) is 6.11. The highest BCUT2D eigenvalue weighted by atomic mass is 32.1. The van der Waals surface area contributed by atoms with Crippen LogP contribution in [-0.2, 0) is 6.42 Å². The maximum absolute atomic E-state index is 11.0.